The van der Waals surface area contributed by atoms with E-state index in [1.165, 1.54) is 11.8 Å². The Morgan fingerprint density at radius 3 is 2.03 bits per heavy atom. The molecule has 0 atom stereocenters. The number of halogens is 1. The maximum atomic E-state index is 13.9. The van der Waals surface area contributed by atoms with Crippen molar-refractivity contribution in [3.05, 3.63) is 113 Å². The van der Waals surface area contributed by atoms with Gasteiger partial charge in [-0.3, -0.25) is 19.2 Å². The maximum Gasteiger partial charge on any atom is 0.242 e. The summed E-state index contributed by atoms with van der Waals surface area (Å²) in [4.78, 5) is 19.8. The molecule has 0 spiro atoms. The summed E-state index contributed by atoms with van der Waals surface area (Å²) in [6.07, 6.45) is 5.21. The number of nitrogens with zero attached hydrogens (tertiary/aromatic N) is 5. The van der Waals surface area contributed by atoms with Crippen LogP contribution in [0.4, 0.5) is 11.4 Å². The Balaban J connectivity index is 1.37. The van der Waals surface area contributed by atoms with E-state index < -0.39 is 0 Å². The van der Waals surface area contributed by atoms with Gasteiger partial charge in [0, 0.05) is 18.0 Å². The number of para-hydroxylation sites is 3. The van der Waals surface area contributed by atoms with Crippen LogP contribution in [0.15, 0.2) is 102 Å². The molecule has 0 fully saturated rings. The first-order chi connectivity index (χ1) is 18.2. The van der Waals surface area contributed by atoms with Gasteiger partial charge in [-0.15, -0.1) is 10.2 Å². The fourth-order valence-electron chi connectivity index (χ4n) is 4.64. The van der Waals surface area contributed by atoms with Crippen LogP contribution in [-0.4, -0.2) is 31.4 Å². The molecule has 1 amide bonds. The zero-order valence-corrected chi connectivity index (χ0v) is 21.4. The summed E-state index contributed by atoms with van der Waals surface area (Å²) >= 11 is 7.94. The summed E-state index contributed by atoms with van der Waals surface area (Å²) < 4.78 is 1.90. The number of carbonyl (C=O) groups excluding carboxylic acids is 1. The zero-order chi connectivity index (χ0) is 25.2. The molecule has 5 aromatic rings. The molecule has 2 aromatic heterocycles. The number of hydrogen-bond donors (Lipinski definition) is 0. The molecule has 0 N–H and O–H groups in total. The van der Waals surface area contributed by atoms with E-state index in [9.17, 15) is 4.79 Å². The molecule has 1 aliphatic rings. The SMILES string of the molecule is O=C(CSc1nnc(-c2ccncc2)n1-c1ccccc1Cl)N1c2ccccc2CCc2ccccc21. The van der Waals surface area contributed by atoms with Crippen molar-refractivity contribution in [1.29, 1.82) is 0 Å². The molecule has 0 aliphatic carbocycles. The number of aromatic nitrogens is 4. The Morgan fingerprint density at radius 2 is 1.38 bits per heavy atom. The third-order valence-corrected chi connectivity index (χ3v) is 7.60. The Bertz CT molecular complexity index is 1540. The van der Waals surface area contributed by atoms with Gasteiger partial charge in [0.1, 0.15) is 0 Å². The predicted molar refractivity (Wildman–Crippen MR) is 148 cm³/mol. The van der Waals surface area contributed by atoms with Gasteiger partial charge in [0.15, 0.2) is 11.0 Å². The molecule has 0 unspecified atom stereocenters. The number of benzene rings is 3. The van der Waals surface area contributed by atoms with Crippen LogP contribution in [0, 0.1) is 0 Å². The van der Waals surface area contributed by atoms with Crippen molar-refractivity contribution in [2.24, 2.45) is 0 Å². The number of aryl methyl sites for hydroxylation is 2. The van der Waals surface area contributed by atoms with Gasteiger partial charge in [-0.25, -0.2) is 0 Å². The molecule has 3 heterocycles. The Kier molecular flexibility index (Phi) is 6.47. The van der Waals surface area contributed by atoms with Crippen molar-refractivity contribution in [2.45, 2.75) is 18.0 Å². The van der Waals surface area contributed by atoms with Crippen LogP contribution in [0.2, 0.25) is 5.02 Å². The minimum Gasteiger partial charge on any atom is -0.280 e. The second kappa shape index (κ2) is 10.2. The van der Waals surface area contributed by atoms with E-state index in [2.05, 4.69) is 27.3 Å². The quantitative estimate of drug-likeness (QED) is 0.245. The van der Waals surface area contributed by atoms with Gasteiger partial charge in [0.05, 0.1) is 27.8 Å². The lowest BCUT2D eigenvalue weighted by atomic mass is 10.0. The number of carbonyl (C=O) groups is 1. The number of hydrogen-bond acceptors (Lipinski definition) is 5. The molecule has 0 saturated carbocycles. The zero-order valence-electron chi connectivity index (χ0n) is 19.8. The largest absolute Gasteiger partial charge is 0.280 e. The number of fused-ring (bicyclic) bond motifs is 2. The van der Waals surface area contributed by atoms with Crippen molar-refractivity contribution in [1.82, 2.24) is 19.7 Å². The van der Waals surface area contributed by atoms with Gasteiger partial charge in [0.2, 0.25) is 5.91 Å². The summed E-state index contributed by atoms with van der Waals surface area (Å²) in [6, 6.07) is 27.6. The van der Waals surface area contributed by atoms with Crippen LogP contribution in [0.5, 0.6) is 0 Å². The molecular weight excluding hydrogens is 502 g/mol. The van der Waals surface area contributed by atoms with Crippen molar-refractivity contribution in [3.8, 4) is 17.1 Å². The highest BCUT2D eigenvalue weighted by molar-refractivity contribution is 7.99. The van der Waals surface area contributed by atoms with Crippen LogP contribution in [0.1, 0.15) is 11.1 Å². The van der Waals surface area contributed by atoms with Crippen molar-refractivity contribution in [2.75, 3.05) is 10.7 Å². The third kappa shape index (κ3) is 4.52. The highest BCUT2D eigenvalue weighted by atomic mass is 35.5. The minimum absolute atomic E-state index is 0.0223. The number of pyridine rings is 1. The minimum atomic E-state index is -0.0223. The van der Waals surface area contributed by atoms with Gasteiger partial charge in [0.25, 0.3) is 0 Å². The van der Waals surface area contributed by atoms with Gasteiger partial charge in [-0.1, -0.05) is 71.9 Å². The molecular formula is C29H22ClN5OS. The van der Waals surface area contributed by atoms with Crippen molar-refractivity contribution in [3.63, 3.8) is 0 Å². The number of rotatable bonds is 5. The highest BCUT2D eigenvalue weighted by Gasteiger charge is 2.27. The van der Waals surface area contributed by atoms with E-state index in [4.69, 9.17) is 11.6 Å². The lowest BCUT2D eigenvalue weighted by molar-refractivity contribution is -0.115. The summed E-state index contributed by atoms with van der Waals surface area (Å²) in [5.41, 5.74) is 5.80. The molecule has 0 bridgehead atoms. The smallest absolute Gasteiger partial charge is 0.242 e. The van der Waals surface area contributed by atoms with Gasteiger partial charge >= 0.3 is 0 Å². The fourth-order valence-corrected chi connectivity index (χ4v) is 5.66. The van der Waals surface area contributed by atoms with Crippen LogP contribution in [0.25, 0.3) is 17.1 Å². The van der Waals surface area contributed by atoms with E-state index in [0.717, 1.165) is 46.6 Å². The van der Waals surface area contributed by atoms with E-state index in [0.29, 0.717) is 16.0 Å². The lowest BCUT2D eigenvalue weighted by Crippen LogP contribution is -2.28. The highest BCUT2D eigenvalue weighted by Crippen LogP contribution is 2.37. The Labute approximate surface area is 224 Å². The van der Waals surface area contributed by atoms with Gasteiger partial charge in [-0.05, 0) is 60.4 Å². The number of thioether (sulfide) groups is 1. The van der Waals surface area contributed by atoms with Crippen molar-refractivity contribution >= 4 is 40.6 Å². The maximum absolute atomic E-state index is 13.9. The normalized spacial score (nSPS) is 12.5. The molecule has 1 aliphatic heterocycles. The molecule has 182 valence electrons. The first-order valence-corrected chi connectivity index (χ1v) is 13.3. The van der Waals surface area contributed by atoms with Crippen LogP contribution in [-0.2, 0) is 17.6 Å². The summed E-state index contributed by atoms with van der Waals surface area (Å²) in [7, 11) is 0. The molecule has 0 saturated heterocycles. The molecule has 8 heteroatoms. The monoisotopic (exact) mass is 523 g/mol. The molecule has 37 heavy (non-hydrogen) atoms. The van der Waals surface area contributed by atoms with Crippen molar-refractivity contribution < 1.29 is 4.79 Å². The van der Waals surface area contributed by atoms with Crippen LogP contribution < -0.4 is 4.90 Å². The average molecular weight is 524 g/mol. The molecule has 0 radical (unpaired) electrons. The topological polar surface area (TPSA) is 63.9 Å². The second-order valence-electron chi connectivity index (χ2n) is 8.60. The predicted octanol–water partition coefficient (Wildman–Crippen LogP) is 6.54. The average Bonchev–Trinajstić information content (AvgIpc) is 3.28. The third-order valence-electron chi connectivity index (χ3n) is 6.37. The van der Waals surface area contributed by atoms with E-state index in [-0.39, 0.29) is 11.7 Å². The summed E-state index contributed by atoms with van der Waals surface area (Å²) in [5, 5.41) is 10.1. The van der Waals surface area contributed by atoms with E-state index in [1.807, 2.05) is 82.3 Å². The Hall–Kier alpha value is -3.94. The molecule has 3 aromatic carbocycles. The van der Waals surface area contributed by atoms with E-state index >= 15 is 0 Å². The number of anilines is 2. The van der Waals surface area contributed by atoms with E-state index in [1.54, 1.807) is 12.4 Å². The second-order valence-corrected chi connectivity index (χ2v) is 9.95. The van der Waals surface area contributed by atoms with Gasteiger partial charge in [-0.2, -0.15) is 0 Å². The van der Waals surface area contributed by atoms with Crippen LogP contribution in [0.3, 0.4) is 0 Å². The first kappa shape index (κ1) is 23.5. The summed E-state index contributed by atoms with van der Waals surface area (Å²) in [6.45, 7) is 0. The fraction of sp³-hybridized carbons (Fsp3) is 0.103. The standard InChI is InChI=1S/C29H22ClN5OS/c30-23-9-3-6-12-26(23)35-28(22-15-17-31-18-16-22)32-33-29(35)37-19-27(36)34-24-10-4-1-7-20(24)13-14-21-8-2-5-11-25(21)34/h1-12,15-18H,13-14,19H2. The number of amides is 1. The lowest BCUT2D eigenvalue weighted by Gasteiger charge is -2.25. The van der Waals surface area contributed by atoms with Crippen LogP contribution >= 0.6 is 23.4 Å². The first-order valence-electron chi connectivity index (χ1n) is 11.9. The summed E-state index contributed by atoms with van der Waals surface area (Å²) in [5.74, 6) is 0.795. The Morgan fingerprint density at radius 1 is 0.784 bits per heavy atom. The molecule has 6 nitrogen and oxygen atoms in total. The molecule has 6 rings (SSSR count). The van der Waals surface area contributed by atoms with Gasteiger partial charge < -0.3 is 0 Å².